The van der Waals surface area contributed by atoms with Crippen LogP contribution in [0.2, 0.25) is 0 Å². The quantitative estimate of drug-likeness (QED) is 0.731. The van der Waals surface area contributed by atoms with Crippen LogP contribution in [-0.4, -0.2) is 57.9 Å². The number of amides is 1. The van der Waals surface area contributed by atoms with Crippen LogP contribution < -0.4 is 0 Å². The summed E-state index contributed by atoms with van der Waals surface area (Å²) < 4.78 is 1.98. The molecule has 1 aliphatic heterocycles. The molecule has 146 valence electrons. The highest BCUT2D eigenvalue weighted by atomic mass is 16.2. The van der Waals surface area contributed by atoms with Gasteiger partial charge in [0, 0.05) is 38.8 Å². The van der Waals surface area contributed by atoms with Crippen LogP contribution in [0, 0.1) is 11.8 Å². The first-order valence-electron chi connectivity index (χ1n) is 10.4. The summed E-state index contributed by atoms with van der Waals surface area (Å²) in [5, 5.41) is 8.51. The third-order valence-corrected chi connectivity index (χ3v) is 5.91. The van der Waals surface area contributed by atoms with E-state index in [1.165, 1.54) is 38.5 Å². The lowest BCUT2D eigenvalue weighted by Crippen LogP contribution is -2.40. The molecule has 6 heteroatoms. The summed E-state index contributed by atoms with van der Waals surface area (Å²) in [5.74, 6) is 1.63. The molecule has 0 bridgehead atoms. The number of rotatable bonds is 6. The number of carbonyl (C=O) groups is 1. The van der Waals surface area contributed by atoms with E-state index in [1.54, 1.807) is 0 Å². The minimum Gasteiger partial charge on any atom is -0.343 e. The number of hydrogen-bond donors (Lipinski definition) is 0. The van der Waals surface area contributed by atoms with Crippen molar-refractivity contribution in [3.8, 4) is 0 Å². The lowest BCUT2D eigenvalue weighted by Gasteiger charge is -2.32. The Morgan fingerprint density at radius 3 is 2.42 bits per heavy atom. The second kappa shape index (κ2) is 9.49. The van der Waals surface area contributed by atoms with Crippen LogP contribution in [0.1, 0.15) is 63.5 Å². The summed E-state index contributed by atoms with van der Waals surface area (Å²) in [6, 6.07) is 0. The second-order valence-electron chi connectivity index (χ2n) is 8.56. The molecule has 3 rings (SSSR count). The van der Waals surface area contributed by atoms with Gasteiger partial charge in [0.15, 0.2) is 0 Å². The van der Waals surface area contributed by atoms with E-state index in [4.69, 9.17) is 0 Å². The molecule has 1 aliphatic carbocycles. The largest absolute Gasteiger partial charge is 0.343 e. The van der Waals surface area contributed by atoms with Crippen LogP contribution >= 0.6 is 0 Å². The number of hydrogen-bond acceptors (Lipinski definition) is 4. The van der Waals surface area contributed by atoms with Crippen molar-refractivity contribution >= 4 is 5.91 Å². The first kappa shape index (κ1) is 19.3. The minimum atomic E-state index is 0.393. The summed E-state index contributed by atoms with van der Waals surface area (Å²) in [4.78, 5) is 16.9. The number of nitrogens with zero attached hydrogens (tertiary/aromatic N) is 5. The smallest absolute Gasteiger partial charge is 0.222 e. The predicted molar refractivity (Wildman–Crippen MR) is 103 cm³/mol. The SMILES string of the molecule is CN(C)Cc1cn(CC2CCN(C(=O)CC3CCCCCC3)CC2)nn1. The molecule has 0 aromatic carbocycles. The van der Waals surface area contributed by atoms with E-state index in [1.807, 2.05) is 18.8 Å². The molecule has 1 aromatic heterocycles. The zero-order valence-electron chi connectivity index (χ0n) is 16.6. The van der Waals surface area contributed by atoms with Crippen molar-refractivity contribution in [3.63, 3.8) is 0 Å². The number of likely N-dealkylation sites (tertiary alicyclic amines) is 1. The third kappa shape index (κ3) is 5.79. The van der Waals surface area contributed by atoms with Gasteiger partial charge in [0.05, 0.1) is 5.69 Å². The molecule has 0 N–H and O–H groups in total. The van der Waals surface area contributed by atoms with Gasteiger partial charge in [0.25, 0.3) is 0 Å². The van der Waals surface area contributed by atoms with Crippen LogP contribution in [0.15, 0.2) is 6.20 Å². The first-order chi connectivity index (χ1) is 12.6. The van der Waals surface area contributed by atoms with Gasteiger partial charge in [-0.2, -0.15) is 0 Å². The molecular weight excluding hydrogens is 326 g/mol. The normalized spacial score (nSPS) is 20.5. The van der Waals surface area contributed by atoms with E-state index >= 15 is 0 Å². The maximum Gasteiger partial charge on any atom is 0.222 e. The maximum atomic E-state index is 12.6. The maximum absolute atomic E-state index is 12.6. The molecule has 26 heavy (non-hydrogen) atoms. The van der Waals surface area contributed by atoms with E-state index in [0.717, 1.165) is 51.1 Å². The Morgan fingerprint density at radius 1 is 1.08 bits per heavy atom. The summed E-state index contributed by atoms with van der Waals surface area (Å²) in [7, 11) is 4.08. The molecule has 1 saturated heterocycles. The Morgan fingerprint density at radius 2 is 1.77 bits per heavy atom. The van der Waals surface area contributed by atoms with Crippen LogP contribution in [0.4, 0.5) is 0 Å². The molecule has 2 fully saturated rings. The predicted octanol–water partition coefficient (Wildman–Crippen LogP) is 2.94. The Bertz CT molecular complexity index is 554. The van der Waals surface area contributed by atoms with Crippen molar-refractivity contribution < 1.29 is 4.79 Å². The fourth-order valence-corrected chi connectivity index (χ4v) is 4.40. The average molecular weight is 362 g/mol. The molecule has 1 saturated carbocycles. The highest BCUT2D eigenvalue weighted by Gasteiger charge is 2.25. The lowest BCUT2D eigenvalue weighted by molar-refractivity contribution is -0.133. The molecule has 1 amide bonds. The van der Waals surface area contributed by atoms with Crippen LogP contribution in [0.5, 0.6) is 0 Å². The Kier molecular flexibility index (Phi) is 7.06. The van der Waals surface area contributed by atoms with Crippen molar-refractivity contribution in [1.29, 1.82) is 0 Å². The summed E-state index contributed by atoms with van der Waals surface area (Å²) in [6.45, 7) is 3.57. The number of carbonyl (C=O) groups excluding carboxylic acids is 1. The topological polar surface area (TPSA) is 54.3 Å². The van der Waals surface area contributed by atoms with E-state index in [0.29, 0.717) is 17.7 Å². The van der Waals surface area contributed by atoms with Gasteiger partial charge in [-0.3, -0.25) is 9.48 Å². The average Bonchev–Trinajstić information content (AvgIpc) is 2.88. The lowest BCUT2D eigenvalue weighted by atomic mass is 9.93. The standard InChI is InChI=1S/C20H35N5O/c1-23(2)15-19-16-25(22-21-19)14-18-9-11-24(12-10-18)20(26)13-17-7-5-3-4-6-8-17/h16-18H,3-15H2,1-2H3. The van der Waals surface area contributed by atoms with E-state index in [2.05, 4.69) is 26.3 Å². The van der Waals surface area contributed by atoms with Crippen LogP contribution in [-0.2, 0) is 17.9 Å². The van der Waals surface area contributed by atoms with Gasteiger partial charge in [0.1, 0.15) is 0 Å². The Hall–Kier alpha value is -1.43. The van der Waals surface area contributed by atoms with Crippen molar-refractivity contribution in [2.75, 3.05) is 27.2 Å². The van der Waals surface area contributed by atoms with Gasteiger partial charge >= 0.3 is 0 Å². The summed E-state index contributed by atoms with van der Waals surface area (Å²) in [6.07, 6.45) is 12.8. The monoisotopic (exact) mass is 361 g/mol. The van der Waals surface area contributed by atoms with Gasteiger partial charge in [-0.25, -0.2) is 0 Å². The van der Waals surface area contributed by atoms with E-state index in [-0.39, 0.29) is 0 Å². The highest BCUT2D eigenvalue weighted by Crippen LogP contribution is 2.27. The molecule has 0 radical (unpaired) electrons. The Balaban J connectivity index is 1.40. The minimum absolute atomic E-state index is 0.393. The summed E-state index contributed by atoms with van der Waals surface area (Å²) in [5.41, 5.74) is 1.02. The van der Waals surface area contributed by atoms with Gasteiger partial charge in [0.2, 0.25) is 5.91 Å². The molecule has 0 spiro atoms. The van der Waals surface area contributed by atoms with Crippen LogP contribution in [0.3, 0.4) is 0 Å². The number of piperidine rings is 1. The van der Waals surface area contributed by atoms with Crippen molar-refractivity contribution in [2.24, 2.45) is 11.8 Å². The van der Waals surface area contributed by atoms with Gasteiger partial charge in [-0.05, 0) is 51.6 Å². The van der Waals surface area contributed by atoms with Crippen LogP contribution in [0.25, 0.3) is 0 Å². The van der Waals surface area contributed by atoms with Gasteiger partial charge < -0.3 is 9.80 Å². The van der Waals surface area contributed by atoms with E-state index in [9.17, 15) is 4.79 Å². The molecule has 6 nitrogen and oxygen atoms in total. The highest BCUT2D eigenvalue weighted by molar-refractivity contribution is 5.76. The zero-order chi connectivity index (χ0) is 18.4. The molecule has 2 aliphatic rings. The first-order valence-corrected chi connectivity index (χ1v) is 10.4. The van der Waals surface area contributed by atoms with Crippen molar-refractivity contribution in [1.82, 2.24) is 24.8 Å². The summed E-state index contributed by atoms with van der Waals surface area (Å²) >= 11 is 0. The van der Waals surface area contributed by atoms with E-state index < -0.39 is 0 Å². The molecular formula is C20H35N5O. The fraction of sp³-hybridized carbons (Fsp3) is 0.850. The van der Waals surface area contributed by atoms with Gasteiger partial charge in [-0.1, -0.05) is 30.9 Å². The molecule has 0 atom stereocenters. The van der Waals surface area contributed by atoms with Gasteiger partial charge in [-0.15, -0.1) is 5.10 Å². The third-order valence-electron chi connectivity index (χ3n) is 5.91. The van der Waals surface area contributed by atoms with Crippen molar-refractivity contribution in [3.05, 3.63) is 11.9 Å². The molecule has 2 heterocycles. The fourth-order valence-electron chi connectivity index (χ4n) is 4.40. The second-order valence-corrected chi connectivity index (χ2v) is 8.56. The Labute approximate surface area is 157 Å². The molecule has 0 unspecified atom stereocenters. The molecule has 1 aromatic rings. The van der Waals surface area contributed by atoms with Crippen molar-refractivity contribution in [2.45, 2.75) is 70.9 Å². The zero-order valence-corrected chi connectivity index (χ0v) is 16.6. The number of aromatic nitrogens is 3.